The molecule has 1 heterocycles. The smallest absolute Gasteiger partial charge is 0.123 e. The van der Waals surface area contributed by atoms with Crippen molar-refractivity contribution in [1.82, 2.24) is 4.90 Å². The van der Waals surface area contributed by atoms with Crippen LogP contribution in [-0.4, -0.2) is 37.7 Å². The van der Waals surface area contributed by atoms with Crippen LogP contribution in [-0.2, 0) is 11.2 Å². The van der Waals surface area contributed by atoms with E-state index < -0.39 is 0 Å². The molecule has 1 aliphatic rings. The predicted octanol–water partition coefficient (Wildman–Crippen LogP) is 3.76. The Kier molecular flexibility index (Phi) is 5.20. The molecule has 0 radical (unpaired) electrons. The average Bonchev–Trinajstić information content (AvgIpc) is 2.57. The normalized spacial score (nSPS) is 15.9. The number of halogens is 1. The van der Waals surface area contributed by atoms with E-state index in [0.717, 1.165) is 56.8 Å². The molecule has 1 saturated heterocycles. The molecule has 0 amide bonds. The lowest BCUT2D eigenvalue weighted by molar-refractivity contribution is 0.0375. The van der Waals surface area contributed by atoms with Crippen LogP contribution >= 0.6 is 0 Å². The fourth-order valence-electron chi connectivity index (χ4n) is 2.88. The lowest BCUT2D eigenvalue weighted by atomic mass is 10.0. The monoisotopic (exact) mass is 299 g/mol. The zero-order chi connectivity index (χ0) is 15.2. The minimum Gasteiger partial charge on any atom is -0.379 e. The highest BCUT2D eigenvalue weighted by Gasteiger charge is 2.09. The third-order valence-corrected chi connectivity index (χ3v) is 4.15. The van der Waals surface area contributed by atoms with Gasteiger partial charge in [0.15, 0.2) is 0 Å². The summed E-state index contributed by atoms with van der Waals surface area (Å²) in [5.74, 6) is -0.189. The zero-order valence-corrected chi connectivity index (χ0v) is 12.8. The van der Waals surface area contributed by atoms with Gasteiger partial charge in [0.05, 0.1) is 13.2 Å². The van der Waals surface area contributed by atoms with Crippen LogP contribution in [0.5, 0.6) is 0 Å². The summed E-state index contributed by atoms with van der Waals surface area (Å²) < 4.78 is 18.4. The second-order valence-corrected chi connectivity index (χ2v) is 5.76. The van der Waals surface area contributed by atoms with Gasteiger partial charge < -0.3 is 4.74 Å². The molecule has 0 spiro atoms. The maximum absolute atomic E-state index is 13.0. The highest BCUT2D eigenvalue weighted by atomic mass is 19.1. The van der Waals surface area contributed by atoms with E-state index in [4.69, 9.17) is 4.74 Å². The Morgan fingerprint density at radius 1 is 0.955 bits per heavy atom. The summed E-state index contributed by atoms with van der Waals surface area (Å²) in [5.41, 5.74) is 3.57. The molecule has 2 aromatic rings. The van der Waals surface area contributed by atoms with E-state index >= 15 is 0 Å². The van der Waals surface area contributed by atoms with E-state index in [9.17, 15) is 4.39 Å². The Morgan fingerprint density at radius 2 is 1.73 bits per heavy atom. The van der Waals surface area contributed by atoms with Crippen LogP contribution in [0.4, 0.5) is 4.39 Å². The van der Waals surface area contributed by atoms with Crippen molar-refractivity contribution in [2.24, 2.45) is 0 Å². The van der Waals surface area contributed by atoms with Crippen LogP contribution in [0.1, 0.15) is 12.0 Å². The molecule has 0 atom stereocenters. The molecule has 3 heteroatoms. The van der Waals surface area contributed by atoms with Crippen molar-refractivity contribution >= 4 is 0 Å². The first-order valence-corrected chi connectivity index (χ1v) is 7.96. The SMILES string of the molecule is Fc1ccc(-c2cccc(CCCN3CCOCC3)c2)cc1. The summed E-state index contributed by atoms with van der Waals surface area (Å²) in [6, 6.07) is 15.3. The lowest BCUT2D eigenvalue weighted by Crippen LogP contribution is -2.36. The minimum absolute atomic E-state index is 0.189. The molecule has 22 heavy (non-hydrogen) atoms. The summed E-state index contributed by atoms with van der Waals surface area (Å²) in [5, 5.41) is 0. The Bertz CT molecular complexity index is 591. The number of nitrogens with zero attached hydrogens (tertiary/aromatic N) is 1. The molecule has 0 aromatic heterocycles. The minimum atomic E-state index is -0.189. The molecule has 0 unspecified atom stereocenters. The molecular weight excluding hydrogens is 277 g/mol. The van der Waals surface area contributed by atoms with Gasteiger partial charge in [-0.2, -0.15) is 0 Å². The Morgan fingerprint density at radius 3 is 2.50 bits per heavy atom. The van der Waals surface area contributed by atoms with Gasteiger partial charge in [-0.15, -0.1) is 0 Å². The highest BCUT2D eigenvalue weighted by molar-refractivity contribution is 5.64. The van der Waals surface area contributed by atoms with Crippen LogP contribution in [0.15, 0.2) is 48.5 Å². The van der Waals surface area contributed by atoms with Crippen molar-refractivity contribution in [3.63, 3.8) is 0 Å². The molecule has 0 bridgehead atoms. The van der Waals surface area contributed by atoms with Crippen LogP contribution in [0.25, 0.3) is 11.1 Å². The fraction of sp³-hybridized carbons (Fsp3) is 0.368. The summed E-state index contributed by atoms with van der Waals surface area (Å²) in [7, 11) is 0. The van der Waals surface area contributed by atoms with Crippen LogP contribution in [0, 0.1) is 5.82 Å². The molecule has 0 N–H and O–H groups in total. The van der Waals surface area contributed by atoms with Gasteiger partial charge in [0.2, 0.25) is 0 Å². The first-order chi connectivity index (χ1) is 10.8. The first-order valence-electron chi connectivity index (χ1n) is 7.96. The summed E-state index contributed by atoms with van der Waals surface area (Å²) >= 11 is 0. The quantitative estimate of drug-likeness (QED) is 0.833. The highest BCUT2D eigenvalue weighted by Crippen LogP contribution is 2.21. The Balaban J connectivity index is 1.57. The molecule has 1 fully saturated rings. The fourth-order valence-corrected chi connectivity index (χ4v) is 2.88. The Hall–Kier alpha value is -1.71. The van der Waals surface area contributed by atoms with Crippen molar-refractivity contribution in [1.29, 1.82) is 0 Å². The van der Waals surface area contributed by atoms with E-state index in [2.05, 4.69) is 29.2 Å². The van der Waals surface area contributed by atoms with Gasteiger partial charge >= 0.3 is 0 Å². The summed E-state index contributed by atoms with van der Waals surface area (Å²) in [6.45, 7) is 4.95. The van der Waals surface area contributed by atoms with Crippen molar-refractivity contribution < 1.29 is 9.13 Å². The largest absolute Gasteiger partial charge is 0.379 e. The van der Waals surface area contributed by atoms with E-state index in [-0.39, 0.29) is 5.82 Å². The zero-order valence-electron chi connectivity index (χ0n) is 12.8. The lowest BCUT2D eigenvalue weighted by Gasteiger charge is -2.26. The molecule has 116 valence electrons. The molecule has 2 nitrogen and oxygen atoms in total. The molecular formula is C19H22FNO. The number of benzene rings is 2. The van der Waals surface area contributed by atoms with E-state index in [1.807, 2.05) is 12.1 Å². The predicted molar refractivity (Wildman–Crippen MR) is 87.4 cm³/mol. The van der Waals surface area contributed by atoms with Gasteiger partial charge in [0, 0.05) is 13.1 Å². The average molecular weight is 299 g/mol. The maximum Gasteiger partial charge on any atom is 0.123 e. The van der Waals surface area contributed by atoms with Gasteiger partial charge in [-0.05, 0) is 48.2 Å². The van der Waals surface area contributed by atoms with Crippen molar-refractivity contribution in [2.75, 3.05) is 32.8 Å². The topological polar surface area (TPSA) is 12.5 Å². The van der Waals surface area contributed by atoms with Gasteiger partial charge in [-0.1, -0.05) is 36.4 Å². The summed E-state index contributed by atoms with van der Waals surface area (Å²) in [4.78, 5) is 2.47. The third-order valence-electron chi connectivity index (χ3n) is 4.15. The second-order valence-electron chi connectivity index (χ2n) is 5.76. The standard InChI is InChI=1S/C19H22FNO/c20-19-8-6-17(7-9-19)18-5-1-3-16(15-18)4-2-10-21-11-13-22-14-12-21/h1,3,5-9,15H,2,4,10-14H2. The van der Waals surface area contributed by atoms with Crippen molar-refractivity contribution in [3.8, 4) is 11.1 Å². The van der Waals surface area contributed by atoms with Crippen molar-refractivity contribution in [2.45, 2.75) is 12.8 Å². The number of hydrogen-bond acceptors (Lipinski definition) is 2. The first kappa shape index (κ1) is 15.2. The van der Waals surface area contributed by atoms with Crippen LogP contribution < -0.4 is 0 Å². The maximum atomic E-state index is 13.0. The van der Waals surface area contributed by atoms with E-state index in [0.29, 0.717) is 0 Å². The van der Waals surface area contributed by atoms with E-state index in [1.54, 1.807) is 0 Å². The molecule has 3 rings (SSSR count). The van der Waals surface area contributed by atoms with Gasteiger partial charge in [0.25, 0.3) is 0 Å². The van der Waals surface area contributed by atoms with Crippen LogP contribution in [0.3, 0.4) is 0 Å². The second kappa shape index (κ2) is 7.52. The molecule has 2 aromatic carbocycles. The number of ether oxygens (including phenoxy) is 1. The number of morpholine rings is 1. The molecule has 1 aliphatic heterocycles. The number of rotatable bonds is 5. The summed E-state index contributed by atoms with van der Waals surface area (Å²) in [6.07, 6.45) is 2.24. The Labute approximate surface area is 131 Å². The van der Waals surface area contributed by atoms with Crippen LogP contribution in [0.2, 0.25) is 0 Å². The van der Waals surface area contributed by atoms with Crippen molar-refractivity contribution in [3.05, 3.63) is 59.9 Å². The number of aryl methyl sites for hydroxylation is 1. The van der Waals surface area contributed by atoms with Gasteiger partial charge in [0.1, 0.15) is 5.82 Å². The van der Waals surface area contributed by atoms with E-state index in [1.165, 1.54) is 17.7 Å². The van der Waals surface area contributed by atoms with Gasteiger partial charge in [-0.25, -0.2) is 4.39 Å². The molecule has 0 saturated carbocycles. The molecule has 0 aliphatic carbocycles. The number of hydrogen-bond donors (Lipinski definition) is 0. The van der Waals surface area contributed by atoms with Gasteiger partial charge in [-0.3, -0.25) is 4.90 Å². The third kappa shape index (κ3) is 4.15.